The number of hydrogen-bond donors (Lipinski definition) is 1. The monoisotopic (exact) mass is 359 g/mol. The Labute approximate surface area is 153 Å². The normalized spacial score (nSPS) is 17.5. The van der Waals surface area contributed by atoms with E-state index in [1.807, 2.05) is 24.2 Å². The molecule has 0 bridgehead atoms. The number of carbonyl (C=O) groups excluding carboxylic acids is 1. The van der Waals surface area contributed by atoms with Crippen LogP contribution in [0.15, 0.2) is 30.5 Å². The maximum absolute atomic E-state index is 12.5. The number of aromatic nitrogens is 1. The molecule has 134 valence electrons. The number of pyridine rings is 1. The fraction of sp³-hybridized carbons (Fsp3) is 0.474. The Morgan fingerprint density at radius 1 is 1.44 bits per heavy atom. The molecule has 25 heavy (non-hydrogen) atoms. The van der Waals surface area contributed by atoms with Gasteiger partial charge in [0.2, 0.25) is 5.91 Å². The number of nitrogens with one attached hydrogen (secondary N) is 1. The van der Waals surface area contributed by atoms with Gasteiger partial charge in [-0.1, -0.05) is 0 Å². The highest BCUT2D eigenvalue weighted by Gasteiger charge is 2.24. The van der Waals surface area contributed by atoms with E-state index >= 15 is 0 Å². The molecular weight excluding hydrogens is 334 g/mol. The highest BCUT2D eigenvalue weighted by Crippen LogP contribution is 2.18. The van der Waals surface area contributed by atoms with Gasteiger partial charge in [0, 0.05) is 36.1 Å². The highest BCUT2D eigenvalue weighted by molar-refractivity contribution is 7.12. The molecule has 1 amide bonds. The van der Waals surface area contributed by atoms with E-state index in [4.69, 9.17) is 4.74 Å². The SMILES string of the molecule is CNc1cc(CC[C@H]2CN(C(=O)Cc3ccc(C)s3)CCO2)ccn1. The van der Waals surface area contributed by atoms with Crippen molar-refractivity contribution in [2.24, 2.45) is 0 Å². The molecule has 2 aromatic heterocycles. The van der Waals surface area contributed by atoms with Crippen LogP contribution in [-0.4, -0.2) is 48.6 Å². The Hall–Kier alpha value is -1.92. The number of morpholine rings is 1. The van der Waals surface area contributed by atoms with E-state index in [0.29, 0.717) is 26.1 Å². The van der Waals surface area contributed by atoms with E-state index in [-0.39, 0.29) is 12.0 Å². The number of carbonyl (C=O) groups is 1. The van der Waals surface area contributed by atoms with Gasteiger partial charge in [0.1, 0.15) is 5.82 Å². The molecule has 1 aliphatic heterocycles. The molecule has 1 saturated heterocycles. The molecule has 0 aliphatic carbocycles. The largest absolute Gasteiger partial charge is 0.375 e. The van der Waals surface area contributed by atoms with E-state index in [0.717, 1.165) is 23.5 Å². The van der Waals surface area contributed by atoms with Gasteiger partial charge in [-0.2, -0.15) is 0 Å². The summed E-state index contributed by atoms with van der Waals surface area (Å²) in [5.74, 6) is 1.08. The predicted octanol–water partition coefficient (Wildman–Crippen LogP) is 2.90. The maximum Gasteiger partial charge on any atom is 0.227 e. The Morgan fingerprint density at radius 3 is 3.08 bits per heavy atom. The van der Waals surface area contributed by atoms with Crippen LogP contribution in [-0.2, 0) is 22.4 Å². The lowest BCUT2D eigenvalue weighted by atomic mass is 10.1. The van der Waals surface area contributed by atoms with E-state index in [1.54, 1.807) is 11.3 Å². The third kappa shape index (κ3) is 5.03. The molecule has 1 N–H and O–H groups in total. The minimum Gasteiger partial charge on any atom is -0.375 e. The number of ether oxygens (including phenoxy) is 1. The Bertz CT molecular complexity index is 716. The van der Waals surface area contributed by atoms with Gasteiger partial charge in [0.15, 0.2) is 0 Å². The number of thiophene rings is 1. The molecular formula is C19H25N3O2S. The van der Waals surface area contributed by atoms with Gasteiger partial charge in [-0.3, -0.25) is 4.79 Å². The Kier molecular flexibility index (Phi) is 6.04. The van der Waals surface area contributed by atoms with Crippen LogP contribution in [0.2, 0.25) is 0 Å². The third-order valence-electron chi connectivity index (χ3n) is 4.45. The van der Waals surface area contributed by atoms with E-state index in [9.17, 15) is 4.79 Å². The number of aryl methyl sites for hydroxylation is 2. The van der Waals surface area contributed by atoms with Gasteiger partial charge in [0.05, 0.1) is 19.1 Å². The van der Waals surface area contributed by atoms with Crippen LogP contribution in [0, 0.1) is 6.92 Å². The molecule has 0 aromatic carbocycles. The second kappa shape index (κ2) is 8.45. The van der Waals surface area contributed by atoms with Crippen molar-refractivity contribution in [2.75, 3.05) is 32.1 Å². The van der Waals surface area contributed by atoms with Crippen LogP contribution in [0.3, 0.4) is 0 Å². The number of anilines is 1. The first-order valence-electron chi connectivity index (χ1n) is 8.71. The molecule has 0 spiro atoms. The van der Waals surface area contributed by atoms with Gasteiger partial charge in [-0.05, 0) is 49.6 Å². The minimum absolute atomic E-state index is 0.106. The third-order valence-corrected chi connectivity index (χ3v) is 5.45. The number of rotatable bonds is 6. The zero-order chi connectivity index (χ0) is 17.6. The van der Waals surface area contributed by atoms with Crippen molar-refractivity contribution < 1.29 is 9.53 Å². The van der Waals surface area contributed by atoms with Crippen LogP contribution >= 0.6 is 11.3 Å². The molecule has 1 fully saturated rings. The summed E-state index contributed by atoms with van der Waals surface area (Å²) in [7, 11) is 1.87. The molecule has 3 heterocycles. The molecule has 5 nitrogen and oxygen atoms in total. The maximum atomic E-state index is 12.5. The van der Waals surface area contributed by atoms with Crippen molar-refractivity contribution in [2.45, 2.75) is 32.3 Å². The highest BCUT2D eigenvalue weighted by atomic mass is 32.1. The summed E-state index contributed by atoms with van der Waals surface area (Å²) in [4.78, 5) is 21.1. The summed E-state index contributed by atoms with van der Waals surface area (Å²) < 4.78 is 5.87. The lowest BCUT2D eigenvalue weighted by Gasteiger charge is -2.33. The molecule has 0 saturated carbocycles. The number of amides is 1. The molecule has 2 aromatic rings. The Balaban J connectivity index is 1.51. The topological polar surface area (TPSA) is 54.5 Å². The summed E-state index contributed by atoms with van der Waals surface area (Å²) >= 11 is 1.70. The van der Waals surface area contributed by atoms with Crippen LogP contribution in [0.4, 0.5) is 5.82 Å². The van der Waals surface area contributed by atoms with Crippen LogP contribution in [0.5, 0.6) is 0 Å². The van der Waals surface area contributed by atoms with Crippen LogP contribution in [0.1, 0.15) is 21.7 Å². The second-order valence-corrected chi connectivity index (χ2v) is 7.73. The first-order chi connectivity index (χ1) is 12.1. The zero-order valence-corrected chi connectivity index (χ0v) is 15.6. The van der Waals surface area contributed by atoms with Gasteiger partial charge >= 0.3 is 0 Å². The molecule has 1 aliphatic rings. The summed E-state index contributed by atoms with van der Waals surface area (Å²) in [5, 5.41) is 3.06. The van der Waals surface area contributed by atoms with Gasteiger partial charge in [-0.25, -0.2) is 4.98 Å². The second-order valence-electron chi connectivity index (χ2n) is 6.36. The van der Waals surface area contributed by atoms with Crippen molar-refractivity contribution in [3.63, 3.8) is 0 Å². The molecule has 0 unspecified atom stereocenters. The van der Waals surface area contributed by atoms with E-state index < -0.39 is 0 Å². The Morgan fingerprint density at radius 2 is 2.32 bits per heavy atom. The van der Waals surface area contributed by atoms with Crippen molar-refractivity contribution in [3.8, 4) is 0 Å². The zero-order valence-electron chi connectivity index (χ0n) is 14.8. The molecule has 1 atom stereocenters. The van der Waals surface area contributed by atoms with Crippen LogP contribution in [0.25, 0.3) is 0 Å². The van der Waals surface area contributed by atoms with Crippen molar-refractivity contribution in [1.29, 1.82) is 0 Å². The fourth-order valence-corrected chi connectivity index (χ4v) is 3.94. The molecule has 3 rings (SSSR count). The predicted molar refractivity (Wildman–Crippen MR) is 101 cm³/mol. The molecule has 0 radical (unpaired) electrons. The van der Waals surface area contributed by atoms with Crippen LogP contribution < -0.4 is 5.32 Å². The summed E-state index contributed by atoms with van der Waals surface area (Å²) in [6.45, 7) is 4.08. The van der Waals surface area contributed by atoms with E-state index in [2.05, 4.69) is 35.4 Å². The van der Waals surface area contributed by atoms with Crippen molar-refractivity contribution >= 4 is 23.1 Å². The first kappa shape index (κ1) is 17.9. The van der Waals surface area contributed by atoms with E-state index in [1.165, 1.54) is 10.4 Å². The van der Waals surface area contributed by atoms with Gasteiger partial charge in [-0.15, -0.1) is 11.3 Å². The van der Waals surface area contributed by atoms with Crippen molar-refractivity contribution in [1.82, 2.24) is 9.88 Å². The van der Waals surface area contributed by atoms with Gasteiger partial charge < -0.3 is 15.0 Å². The average molecular weight is 359 g/mol. The smallest absolute Gasteiger partial charge is 0.227 e. The average Bonchev–Trinajstić information content (AvgIpc) is 3.05. The lowest BCUT2D eigenvalue weighted by molar-refractivity contribution is -0.138. The van der Waals surface area contributed by atoms with Crippen molar-refractivity contribution in [3.05, 3.63) is 45.8 Å². The first-order valence-corrected chi connectivity index (χ1v) is 9.53. The summed E-state index contributed by atoms with van der Waals surface area (Å²) in [6, 6.07) is 8.22. The summed E-state index contributed by atoms with van der Waals surface area (Å²) in [5.41, 5.74) is 1.24. The standard InChI is InChI=1S/C19H25N3O2S/c1-14-3-6-17(25-14)12-19(23)22-9-10-24-16(13-22)5-4-15-7-8-21-18(11-15)20-2/h3,6-8,11,16H,4-5,9-10,12-13H2,1-2H3,(H,20,21)/t16-/m0/s1. The minimum atomic E-state index is 0.106. The van der Waals surface area contributed by atoms with Gasteiger partial charge in [0.25, 0.3) is 0 Å². The summed E-state index contributed by atoms with van der Waals surface area (Å²) in [6.07, 6.45) is 4.26. The lowest BCUT2D eigenvalue weighted by Crippen LogP contribution is -2.46. The fourth-order valence-electron chi connectivity index (χ4n) is 3.06. The number of nitrogens with zero attached hydrogens (tertiary/aromatic N) is 2. The number of hydrogen-bond acceptors (Lipinski definition) is 5. The molecule has 6 heteroatoms. The quantitative estimate of drug-likeness (QED) is 0.862.